The Labute approximate surface area is 389 Å². The highest BCUT2D eigenvalue weighted by molar-refractivity contribution is 5.76. The van der Waals surface area contributed by atoms with E-state index >= 15 is 0 Å². The number of hydrogen-bond acceptors (Lipinski definition) is 10. The largest absolute Gasteiger partial charge is 0.466 e. The fraction of sp³-hybridized carbons (Fsp3) is 0.811. The van der Waals surface area contributed by atoms with E-state index in [0.717, 1.165) is 70.6 Å². The van der Waals surface area contributed by atoms with Gasteiger partial charge in [-0.15, -0.1) is 0 Å². The molecule has 0 spiro atoms. The molecule has 1 rings (SSSR count). The van der Waals surface area contributed by atoms with Gasteiger partial charge in [-0.25, -0.2) is 0 Å². The summed E-state index contributed by atoms with van der Waals surface area (Å²) in [7, 11) is 0. The number of ether oxygens (including phenoxy) is 3. The topological polar surface area (TPSA) is 175 Å². The first-order valence-electron chi connectivity index (χ1n) is 25.9. The summed E-state index contributed by atoms with van der Waals surface area (Å²) in [6.07, 6.45) is 42.2. The Morgan fingerprint density at radius 1 is 0.578 bits per heavy atom. The highest BCUT2D eigenvalue weighted by atomic mass is 16.7. The van der Waals surface area contributed by atoms with E-state index in [4.69, 9.17) is 14.2 Å². The maximum atomic E-state index is 12.9. The molecular weight excluding hydrogens is 811 g/mol. The second-order valence-corrected chi connectivity index (χ2v) is 17.9. The summed E-state index contributed by atoms with van der Waals surface area (Å²) in [4.78, 5) is 25.0. The summed E-state index contributed by atoms with van der Waals surface area (Å²) in [5.74, 6) is -0.316. The quantitative estimate of drug-likeness (QED) is 0.0196. The summed E-state index contributed by atoms with van der Waals surface area (Å²) >= 11 is 0. The highest BCUT2D eigenvalue weighted by Gasteiger charge is 2.44. The van der Waals surface area contributed by atoms with Gasteiger partial charge in [0.15, 0.2) is 6.29 Å². The van der Waals surface area contributed by atoms with E-state index in [1.54, 1.807) is 6.08 Å². The lowest BCUT2D eigenvalue weighted by Crippen LogP contribution is -2.60. The van der Waals surface area contributed by atoms with Crippen LogP contribution in [0.4, 0.5) is 0 Å². The molecule has 0 bridgehead atoms. The van der Waals surface area contributed by atoms with E-state index < -0.39 is 49.5 Å². The number of amides is 1. The fourth-order valence-corrected chi connectivity index (χ4v) is 7.73. The number of nitrogens with one attached hydrogen (secondary N) is 1. The van der Waals surface area contributed by atoms with Crippen molar-refractivity contribution < 1.29 is 49.3 Å². The molecular formula is C53H95NO10. The molecule has 1 amide bonds. The van der Waals surface area contributed by atoms with E-state index in [1.807, 2.05) is 18.2 Å². The van der Waals surface area contributed by atoms with Crippen LogP contribution in [-0.2, 0) is 23.8 Å². The van der Waals surface area contributed by atoms with Gasteiger partial charge >= 0.3 is 5.97 Å². The third kappa shape index (κ3) is 33.1. The van der Waals surface area contributed by atoms with Crippen molar-refractivity contribution in [3.8, 4) is 0 Å². The molecule has 11 nitrogen and oxygen atoms in total. The van der Waals surface area contributed by atoms with Crippen molar-refractivity contribution in [1.29, 1.82) is 0 Å². The molecule has 7 atom stereocenters. The second-order valence-electron chi connectivity index (χ2n) is 17.9. The standard InChI is InChI=1S/C53H95NO10/c1-3-5-7-9-11-13-14-15-18-21-25-29-33-37-41-49(58)62-42-38-34-30-26-22-19-16-17-20-24-28-32-36-40-48(57)54-45(46(56)39-35-31-27-23-12-10-8-6-4-2)44-63-53-52(61)51(60)50(59)47(43-55)64-53/h12,17,20,23,28,32,35,39,45-47,50-53,55-56,59-61H,3-11,13-16,18-19,21-22,24-27,29-31,33-34,36-38,40-44H2,1-2H3,(H,54,57)/b20-17-,23-12+,32-28-,39-35+. The number of carbonyl (C=O) groups is 2. The molecule has 0 radical (unpaired) electrons. The van der Waals surface area contributed by atoms with Gasteiger partial charge in [-0.1, -0.05) is 184 Å². The Morgan fingerprint density at radius 3 is 1.70 bits per heavy atom. The Hall–Kier alpha value is -2.38. The van der Waals surface area contributed by atoms with Crippen LogP contribution in [0.3, 0.4) is 0 Å². The summed E-state index contributed by atoms with van der Waals surface area (Å²) in [6, 6.07) is -0.870. The van der Waals surface area contributed by atoms with Crippen molar-refractivity contribution in [3.63, 3.8) is 0 Å². The van der Waals surface area contributed by atoms with Crippen LogP contribution in [0, 0.1) is 0 Å². The molecule has 6 N–H and O–H groups in total. The van der Waals surface area contributed by atoms with Crippen LogP contribution in [0.25, 0.3) is 0 Å². The van der Waals surface area contributed by atoms with Crippen LogP contribution in [0.5, 0.6) is 0 Å². The molecule has 372 valence electrons. The van der Waals surface area contributed by atoms with Gasteiger partial charge in [-0.2, -0.15) is 0 Å². The zero-order valence-electron chi connectivity index (χ0n) is 40.5. The van der Waals surface area contributed by atoms with E-state index in [-0.39, 0.29) is 24.9 Å². The van der Waals surface area contributed by atoms with Crippen molar-refractivity contribution >= 4 is 11.9 Å². The molecule has 1 heterocycles. The molecule has 1 aliphatic rings. The predicted molar refractivity (Wildman–Crippen MR) is 260 cm³/mol. The molecule has 0 aromatic rings. The summed E-state index contributed by atoms with van der Waals surface area (Å²) < 4.78 is 16.6. The first-order chi connectivity index (χ1) is 31.2. The van der Waals surface area contributed by atoms with Crippen LogP contribution < -0.4 is 5.32 Å². The maximum absolute atomic E-state index is 12.9. The number of aliphatic hydroxyl groups is 5. The molecule has 64 heavy (non-hydrogen) atoms. The van der Waals surface area contributed by atoms with Crippen molar-refractivity contribution in [2.75, 3.05) is 19.8 Å². The Kier molecular flexibility index (Phi) is 40.3. The first-order valence-corrected chi connectivity index (χ1v) is 25.9. The molecule has 0 saturated carbocycles. The SMILES string of the molecule is CCCCC/C=C/CC/C=C/C(O)C(COC1OC(CO)C(O)C(O)C1O)NC(=O)CC/C=C\C/C=C\CCCCCCCCOC(=O)CCCCCCCCCCCCCCCC. The van der Waals surface area contributed by atoms with E-state index in [0.29, 0.717) is 19.4 Å². The Balaban J connectivity index is 2.18. The smallest absolute Gasteiger partial charge is 0.305 e. The number of esters is 1. The number of carbonyl (C=O) groups excluding carboxylic acids is 2. The Morgan fingerprint density at radius 2 is 1.08 bits per heavy atom. The maximum Gasteiger partial charge on any atom is 0.305 e. The zero-order chi connectivity index (χ0) is 46.7. The lowest BCUT2D eigenvalue weighted by Gasteiger charge is -2.40. The fourth-order valence-electron chi connectivity index (χ4n) is 7.73. The van der Waals surface area contributed by atoms with Crippen molar-refractivity contribution in [2.24, 2.45) is 0 Å². The zero-order valence-corrected chi connectivity index (χ0v) is 40.5. The second kappa shape index (κ2) is 43.2. The molecule has 7 unspecified atom stereocenters. The highest BCUT2D eigenvalue weighted by Crippen LogP contribution is 2.22. The van der Waals surface area contributed by atoms with Gasteiger partial charge in [0.2, 0.25) is 5.91 Å². The first kappa shape index (κ1) is 59.6. The summed E-state index contributed by atoms with van der Waals surface area (Å²) in [5.41, 5.74) is 0. The van der Waals surface area contributed by atoms with Crippen LogP contribution in [-0.4, -0.2) is 100 Å². The van der Waals surface area contributed by atoms with Crippen molar-refractivity contribution in [2.45, 2.75) is 256 Å². The molecule has 1 fully saturated rings. The van der Waals surface area contributed by atoms with Crippen LogP contribution in [0.2, 0.25) is 0 Å². The normalized spacial score (nSPS) is 20.3. The third-order valence-corrected chi connectivity index (χ3v) is 11.9. The Bertz CT molecular complexity index is 1210. The third-order valence-electron chi connectivity index (χ3n) is 11.9. The molecule has 1 saturated heterocycles. The summed E-state index contributed by atoms with van der Waals surface area (Å²) in [6.45, 7) is 4.16. The van der Waals surface area contributed by atoms with Gasteiger partial charge in [0.25, 0.3) is 0 Å². The van der Waals surface area contributed by atoms with Crippen LogP contribution in [0.15, 0.2) is 48.6 Å². The predicted octanol–water partition coefficient (Wildman–Crippen LogP) is 10.5. The summed E-state index contributed by atoms with van der Waals surface area (Å²) in [5, 5.41) is 53.9. The minimum Gasteiger partial charge on any atom is -0.466 e. The van der Waals surface area contributed by atoms with Gasteiger partial charge < -0.3 is 45.1 Å². The number of unbranched alkanes of at least 4 members (excludes halogenated alkanes) is 23. The van der Waals surface area contributed by atoms with E-state index in [9.17, 15) is 35.1 Å². The van der Waals surface area contributed by atoms with Gasteiger partial charge in [0, 0.05) is 12.8 Å². The lowest BCUT2D eigenvalue weighted by atomic mass is 9.99. The minimum atomic E-state index is -1.59. The van der Waals surface area contributed by atoms with E-state index in [1.165, 1.54) is 109 Å². The van der Waals surface area contributed by atoms with Gasteiger partial charge in [0.05, 0.1) is 32.0 Å². The van der Waals surface area contributed by atoms with Crippen LogP contribution in [0.1, 0.15) is 213 Å². The van der Waals surface area contributed by atoms with Crippen molar-refractivity contribution in [1.82, 2.24) is 5.32 Å². The lowest BCUT2D eigenvalue weighted by molar-refractivity contribution is -0.302. The molecule has 1 aliphatic heterocycles. The molecule has 0 aliphatic carbocycles. The number of hydrogen-bond donors (Lipinski definition) is 6. The van der Waals surface area contributed by atoms with Crippen molar-refractivity contribution in [3.05, 3.63) is 48.6 Å². The van der Waals surface area contributed by atoms with E-state index in [2.05, 4.69) is 43.5 Å². The number of allylic oxidation sites excluding steroid dienone is 7. The van der Waals surface area contributed by atoms with Gasteiger partial charge in [0.1, 0.15) is 24.4 Å². The van der Waals surface area contributed by atoms with Gasteiger partial charge in [-0.3, -0.25) is 9.59 Å². The number of aliphatic hydroxyl groups excluding tert-OH is 5. The monoisotopic (exact) mass is 906 g/mol. The molecule has 11 heteroatoms. The average Bonchev–Trinajstić information content (AvgIpc) is 3.29. The molecule has 0 aromatic heterocycles. The van der Waals surface area contributed by atoms with Gasteiger partial charge in [-0.05, 0) is 64.2 Å². The molecule has 0 aromatic carbocycles. The number of rotatable bonds is 43. The average molecular weight is 906 g/mol. The minimum absolute atomic E-state index is 0.0394. The van der Waals surface area contributed by atoms with Crippen LogP contribution >= 0.6 is 0 Å².